The predicted molar refractivity (Wildman–Crippen MR) is 85.5 cm³/mol. The first kappa shape index (κ1) is 15.0. The molecule has 0 bridgehead atoms. The summed E-state index contributed by atoms with van der Waals surface area (Å²) < 4.78 is 0. The van der Waals surface area contributed by atoms with Gasteiger partial charge in [0.25, 0.3) is 0 Å². The summed E-state index contributed by atoms with van der Waals surface area (Å²) in [6.45, 7) is 3.92. The van der Waals surface area contributed by atoms with Crippen molar-refractivity contribution in [2.75, 3.05) is 17.7 Å². The minimum atomic E-state index is -0.277. The van der Waals surface area contributed by atoms with E-state index in [1.807, 2.05) is 44.3 Å². The van der Waals surface area contributed by atoms with Crippen molar-refractivity contribution in [2.24, 2.45) is 0 Å². The van der Waals surface area contributed by atoms with Gasteiger partial charge < -0.3 is 16.0 Å². The third kappa shape index (κ3) is 4.03. The molecular weight excluding hydrogens is 264 g/mol. The number of benzene rings is 1. The van der Waals surface area contributed by atoms with Crippen LogP contribution in [0.15, 0.2) is 42.6 Å². The van der Waals surface area contributed by atoms with Crippen LogP contribution in [0.5, 0.6) is 0 Å². The number of rotatable bonds is 4. The Morgan fingerprint density at radius 2 is 2.00 bits per heavy atom. The van der Waals surface area contributed by atoms with E-state index in [4.69, 9.17) is 0 Å². The van der Waals surface area contributed by atoms with Gasteiger partial charge in [-0.05, 0) is 50.7 Å². The highest BCUT2D eigenvalue weighted by atomic mass is 16.2. The Balaban J connectivity index is 2.05. The molecular formula is C16H20N4O. The van der Waals surface area contributed by atoms with Crippen LogP contribution in [0.2, 0.25) is 0 Å². The smallest absolute Gasteiger partial charge is 0.313 e. The first-order valence-electron chi connectivity index (χ1n) is 6.87. The van der Waals surface area contributed by atoms with E-state index in [0.29, 0.717) is 5.69 Å². The Morgan fingerprint density at radius 3 is 2.71 bits per heavy atom. The molecule has 21 heavy (non-hydrogen) atoms. The number of aryl methyl sites for hydroxylation is 1. The number of nitrogens with one attached hydrogen (secondary N) is 3. The number of carbonyl (C=O) groups excluding carboxylic acids is 1. The Kier molecular flexibility index (Phi) is 4.90. The largest absolute Gasteiger partial charge is 0.323 e. The summed E-state index contributed by atoms with van der Waals surface area (Å²) in [4.78, 5) is 16.2. The summed E-state index contributed by atoms with van der Waals surface area (Å²) in [5, 5.41) is 8.80. The molecule has 1 unspecified atom stereocenters. The Morgan fingerprint density at radius 1 is 1.19 bits per heavy atom. The van der Waals surface area contributed by atoms with Gasteiger partial charge in [0.1, 0.15) is 0 Å². The van der Waals surface area contributed by atoms with E-state index in [2.05, 4.69) is 27.9 Å². The fraction of sp³-hybridized carbons (Fsp3) is 0.250. The number of aromatic nitrogens is 1. The molecule has 1 heterocycles. The Labute approximate surface area is 124 Å². The predicted octanol–water partition coefficient (Wildman–Crippen LogP) is 3.31. The summed E-state index contributed by atoms with van der Waals surface area (Å²) >= 11 is 0. The van der Waals surface area contributed by atoms with Gasteiger partial charge in [-0.15, -0.1) is 0 Å². The van der Waals surface area contributed by atoms with Gasteiger partial charge in [-0.3, -0.25) is 4.98 Å². The van der Waals surface area contributed by atoms with E-state index in [1.54, 1.807) is 12.3 Å². The third-order valence-electron chi connectivity index (χ3n) is 3.33. The highest BCUT2D eigenvalue weighted by molar-refractivity contribution is 6.00. The van der Waals surface area contributed by atoms with Crippen molar-refractivity contribution in [2.45, 2.75) is 19.9 Å². The Hall–Kier alpha value is -2.40. The topological polar surface area (TPSA) is 66.0 Å². The highest BCUT2D eigenvalue weighted by Crippen LogP contribution is 2.17. The van der Waals surface area contributed by atoms with Crippen LogP contribution in [0.1, 0.15) is 24.2 Å². The summed E-state index contributed by atoms with van der Waals surface area (Å²) in [6.07, 6.45) is 1.70. The minimum absolute atomic E-state index is 0.232. The summed E-state index contributed by atoms with van der Waals surface area (Å²) in [5.41, 5.74) is 3.36. The Bertz CT molecular complexity index is 627. The molecule has 2 amide bonds. The van der Waals surface area contributed by atoms with Crippen LogP contribution in [0.4, 0.5) is 16.2 Å². The monoisotopic (exact) mass is 284 g/mol. The molecule has 2 rings (SSSR count). The zero-order valence-corrected chi connectivity index (χ0v) is 12.5. The molecule has 5 nitrogen and oxygen atoms in total. The van der Waals surface area contributed by atoms with Gasteiger partial charge in [-0.25, -0.2) is 4.79 Å². The van der Waals surface area contributed by atoms with Crippen molar-refractivity contribution in [1.82, 2.24) is 10.3 Å². The number of urea groups is 1. The van der Waals surface area contributed by atoms with Gasteiger partial charge in [-0.2, -0.15) is 0 Å². The average molecular weight is 284 g/mol. The van der Waals surface area contributed by atoms with Crippen molar-refractivity contribution in [3.63, 3.8) is 0 Å². The quantitative estimate of drug-likeness (QED) is 0.807. The zero-order chi connectivity index (χ0) is 15.2. The number of pyridine rings is 1. The number of nitrogens with zero attached hydrogens (tertiary/aromatic N) is 1. The third-order valence-corrected chi connectivity index (χ3v) is 3.33. The molecule has 1 aromatic heterocycles. The molecule has 5 heteroatoms. The van der Waals surface area contributed by atoms with E-state index in [1.165, 1.54) is 0 Å². The van der Waals surface area contributed by atoms with Crippen LogP contribution in [-0.2, 0) is 0 Å². The second-order valence-electron chi connectivity index (χ2n) is 4.85. The number of carbonyl (C=O) groups is 1. The second-order valence-corrected chi connectivity index (χ2v) is 4.85. The maximum absolute atomic E-state index is 12.0. The standard InChI is InChI=1S/C16H20N4O/c1-11(17-3)13-6-4-7-14(10-13)19-16(21)20-15-8-5-9-18-12(15)2/h4-11,17H,1-3H3,(H2,19,20,21). The lowest BCUT2D eigenvalue weighted by Gasteiger charge is -2.13. The number of hydrogen-bond donors (Lipinski definition) is 3. The van der Waals surface area contributed by atoms with Gasteiger partial charge in [-0.1, -0.05) is 12.1 Å². The molecule has 0 aliphatic heterocycles. The van der Waals surface area contributed by atoms with Crippen LogP contribution in [-0.4, -0.2) is 18.1 Å². The van der Waals surface area contributed by atoms with E-state index >= 15 is 0 Å². The van der Waals surface area contributed by atoms with Crippen molar-refractivity contribution in [3.8, 4) is 0 Å². The van der Waals surface area contributed by atoms with Crippen LogP contribution in [0, 0.1) is 6.92 Å². The first-order valence-corrected chi connectivity index (χ1v) is 6.87. The SMILES string of the molecule is CNC(C)c1cccc(NC(=O)Nc2cccnc2C)c1. The lowest BCUT2D eigenvalue weighted by atomic mass is 10.1. The molecule has 2 aromatic rings. The van der Waals surface area contributed by atoms with Gasteiger partial charge in [0.2, 0.25) is 0 Å². The lowest BCUT2D eigenvalue weighted by molar-refractivity contribution is 0.262. The number of anilines is 2. The van der Waals surface area contributed by atoms with Gasteiger partial charge >= 0.3 is 6.03 Å². The number of hydrogen-bond acceptors (Lipinski definition) is 3. The van der Waals surface area contributed by atoms with E-state index < -0.39 is 0 Å². The molecule has 0 aliphatic carbocycles. The minimum Gasteiger partial charge on any atom is -0.313 e. The summed E-state index contributed by atoms with van der Waals surface area (Å²) in [6, 6.07) is 11.3. The van der Waals surface area contributed by atoms with Gasteiger partial charge in [0.15, 0.2) is 0 Å². The molecule has 3 N–H and O–H groups in total. The fourth-order valence-electron chi connectivity index (χ4n) is 1.95. The summed E-state index contributed by atoms with van der Waals surface area (Å²) in [5.74, 6) is 0. The molecule has 0 aliphatic rings. The molecule has 0 saturated carbocycles. The van der Waals surface area contributed by atoms with Crippen LogP contribution < -0.4 is 16.0 Å². The highest BCUT2D eigenvalue weighted by Gasteiger charge is 2.07. The fourth-order valence-corrected chi connectivity index (χ4v) is 1.95. The average Bonchev–Trinajstić information content (AvgIpc) is 2.49. The molecule has 1 aromatic carbocycles. The van der Waals surface area contributed by atoms with Crippen molar-refractivity contribution in [3.05, 3.63) is 53.9 Å². The van der Waals surface area contributed by atoms with Crippen molar-refractivity contribution in [1.29, 1.82) is 0 Å². The maximum Gasteiger partial charge on any atom is 0.323 e. The maximum atomic E-state index is 12.0. The lowest BCUT2D eigenvalue weighted by Crippen LogP contribution is -2.20. The summed E-state index contributed by atoms with van der Waals surface area (Å²) in [7, 11) is 1.91. The van der Waals surface area contributed by atoms with E-state index in [9.17, 15) is 4.79 Å². The molecule has 0 radical (unpaired) electrons. The molecule has 1 atom stereocenters. The second kappa shape index (κ2) is 6.85. The van der Waals surface area contributed by atoms with Crippen molar-refractivity contribution >= 4 is 17.4 Å². The van der Waals surface area contributed by atoms with Gasteiger partial charge in [0, 0.05) is 17.9 Å². The van der Waals surface area contributed by atoms with Crippen molar-refractivity contribution < 1.29 is 4.79 Å². The molecule has 0 spiro atoms. The first-order chi connectivity index (χ1) is 10.1. The molecule has 110 valence electrons. The van der Waals surface area contributed by atoms with Crippen LogP contribution >= 0.6 is 0 Å². The molecule has 0 saturated heterocycles. The van der Waals surface area contributed by atoms with E-state index in [0.717, 1.165) is 16.9 Å². The van der Waals surface area contributed by atoms with Gasteiger partial charge in [0.05, 0.1) is 11.4 Å². The van der Waals surface area contributed by atoms with Crippen LogP contribution in [0.3, 0.4) is 0 Å². The van der Waals surface area contributed by atoms with Crippen LogP contribution in [0.25, 0.3) is 0 Å². The molecule has 0 fully saturated rings. The number of amides is 2. The van der Waals surface area contributed by atoms with E-state index in [-0.39, 0.29) is 12.1 Å². The normalized spacial score (nSPS) is 11.8. The zero-order valence-electron chi connectivity index (χ0n) is 12.5.